The molecule has 4 rings (SSSR count). The summed E-state index contributed by atoms with van der Waals surface area (Å²) >= 11 is 1.53. The van der Waals surface area contributed by atoms with E-state index >= 15 is 0 Å². The molecule has 0 radical (unpaired) electrons. The molecule has 2 aliphatic rings. The predicted molar refractivity (Wildman–Crippen MR) is 85.8 cm³/mol. The van der Waals surface area contributed by atoms with Gasteiger partial charge in [0.25, 0.3) is 5.91 Å². The van der Waals surface area contributed by atoms with E-state index in [1.807, 2.05) is 6.20 Å². The summed E-state index contributed by atoms with van der Waals surface area (Å²) in [6.45, 7) is 1.68. The Morgan fingerprint density at radius 1 is 1.39 bits per heavy atom. The zero-order chi connectivity index (χ0) is 15.6. The number of carbonyl (C=O) groups excluding carboxylic acids is 1. The molecule has 3 heterocycles. The molecule has 1 atom stereocenters. The number of thiazole rings is 1. The molecule has 2 aromatic rings. The fourth-order valence-corrected chi connectivity index (χ4v) is 3.97. The summed E-state index contributed by atoms with van der Waals surface area (Å²) in [5.41, 5.74) is 1.32. The summed E-state index contributed by atoms with van der Waals surface area (Å²) in [4.78, 5) is 17.9. The predicted octanol–water partition coefficient (Wildman–Crippen LogP) is 3.23. The Hall–Kier alpha value is -1.73. The van der Waals surface area contributed by atoms with Crippen LogP contribution in [0.2, 0.25) is 0 Å². The second-order valence-corrected chi connectivity index (χ2v) is 7.38. The van der Waals surface area contributed by atoms with Gasteiger partial charge in [0.15, 0.2) is 5.13 Å². The number of nitrogens with one attached hydrogen (secondary N) is 1. The first-order chi connectivity index (χ1) is 11.3. The van der Waals surface area contributed by atoms with Crippen LogP contribution in [0.1, 0.15) is 52.5 Å². The summed E-state index contributed by atoms with van der Waals surface area (Å²) in [5, 5.41) is 7.51. The van der Waals surface area contributed by atoms with Gasteiger partial charge in [0, 0.05) is 30.2 Å². The van der Waals surface area contributed by atoms with Crippen molar-refractivity contribution in [3.63, 3.8) is 0 Å². The molecule has 0 aromatic carbocycles. The zero-order valence-electron chi connectivity index (χ0n) is 12.8. The molecule has 6 nitrogen and oxygen atoms in total. The van der Waals surface area contributed by atoms with Gasteiger partial charge in [-0.25, -0.2) is 4.98 Å². The van der Waals surface area contributed by atoms with Crippen LogP contribution in [-0.2, 0) is 11.2 Å². The zero-order valence-corrected chi connectivity index (χ0v) is 13.6. The molecule has 0 spiro atoms. The molecule has 1 saturated heterocycles. The lowest BCUT2D eigenvalue weighted by molar-refractivity contribution is 0.102. The molecule has 7 heteroatoms. The molecule has 23 heavy (non-hydrogen) atoms. The van der Waals surface area contributed by atoms with Gasteiger partial charge < -0.3 is 9.26 Å². The van der Waals surface area contributed by atoms with Crippen LogP contribution in [0.25, 0.3) is 0 Å². The van der Waals surface area contributed by atoms with Crippen molar-refractivity contribution in [3.8, 4) is 0 Å². The van der Waals surface area contributed by atoms with Crippen LogP contribution < -0.4 is 5.32 Å². The second kappa shape index (κ2) is 6.41. The molecule has 1 amide bonds. The summed E-state index contributed by atoms with van der Waals surface area (Å²) in [6, 6.07) is 0. The lowest BCUT2D eigenvalue weighted by atomic mass is 9.81. The van der Waals surface area contributed by atoms with Gasteiger partial charge in [0.2, 0.25) is 0 Å². The maximum absolute atomic E-state index is 12.4. The van der Waals surface area contributed by atoms with Crippen LogP contribution in [-0.4, -0.2) is 29.3 Å². The van der Waals surface area contributed by atoms with Gasteiger partial charge in [-0.1, -0.05) is 11.6 Å². The molecule has 1 N–H and O–H groups in total. The third-order valence-corrected chi connectivity index (χ3v) is 5.56. The molecule has 122 valence electrons. The minimum atomic E-state index is -0.182. The minimum absolute atomic E-state index is 0.182. The number of rotatable bonds is 5. The van der Waals surface area contributed by atoms with E-state index in [-0.39, 0.29) is 5.91 Å². The van der Waals surface area contributed by atoms with Gasteiger partial charge in [-0.3, -0.25) is 10.1 Å². The number of amides is 1. The Morgan fingerprint density at radius 3 is 3.04 bits per heavy atom. The lowest BCUT2D eigenvalue weighted by Crippen LogP contribution is -2.17. The molecule has 1 saturated carbocycles. The molecule has 1 aliphatic carbocycles. The Kier molecular flexibility index (Phi) is 4.13. The quantitative estimate of drug-likeness (QED) is 0.909. The normalized spacial score (nSPS) is 21.3. The highest BCUT2D eigenvalue weighted by Gasteiger charge is 2.28. The van der Waals surface area contributed by atoms with Crippen LogP contribution in [0.15, 0.2) is 17.0 Å². The van der Waals surface area contributed by atoms with Gasteiger partial charge in [0.05, 0.1) is 5.69 Å². The van der Waals surface area contributed by atoms with E-state index < -0.39 is 0 Å². The molecule has 2 fully saturated rings. The van der Waals surface area contributed by atoms with Crippen molar-refractivity contribution in [1.82, 2.24) is 10.1 Å². The molecule has 1 aliphatic heterocycles. The van der Waals surface area contributed by atoms with Crippen LogP contribution in [0.5, 0.6) is 0 Å². The first-order valence-electron chi connectivity index (χ1n) is 8.07. The first kappa shape index (κ1) is 14.8. The SMILES string of the molecule is O=C(Nc1ncc(CC2CCOC2)s1)c1conc1C1CCC1. The van der Waals surface area contributed by atoms with Crippen molar-refractivity contribution in [1.29, 1.82) is 0 Å². The highest BCUT2D eigenvalue weighted by atomic mass is 32.1. The fraction of sp³-hybridized carbons (Fsp3) is 0.562. The van der Waals surface area contributed by atoms with Crippen molar-refractivity contribution in [3.05, 3.63) is 28.6 Å². The van der Waals surface area contributed by atoms with Crippen LogP contribution in [0, 0.1) is 5.92 Å². The second-order valence-electron chi connectivity index (χ2n) is 6.26. The number of anilines is 1. The van der Waals surface area contributed by atoms with Gasteiger partial charge in [-0.05, 0) is 31.6 Å². The monoisotopic (exact) mass is 333 g/mol. The standard InChI is InChI=1S/C16H19N3O3S/c20-15(13-9-22-19-14(13)11-2-1-3-11)18-16-17-7-12(23-16)6-10-4-5-21-8-10/h7,9-11H,1-6,8H2,(H,17,18,20). The van der Waals surface area contributed by atoms with E-state index in [1.165, 1.54) is 28.9 Å². The number of ether oxygens (including phenoxy) is 1. The highest BCUT2D eigenvalue weighted by Crippen LogP contribution is 2.37. The number of hydrogen-bond acceptors (Lipinski definition) is 6. The molecular formula is C16H19N3O3S. The van der Waals surface area contributed by atoms with Crippen molar-refractivity contribution in [2.45, 2.75) is 38.0 Å². The smallest absolute Gasteiger partial charge is 0.262 e. The average molecular weight is 333 g/mol. The first-order valence-corrected chi connectivity index (χ1v) is 8.89. The topological polar surface area (TPSA) is 77.2 Å². The van der Waals surface area contributed by atoms with E-state index in [9.17, 15) is 4.79 Å². The van der Waals surface area contributed by atoms with Crippen LogP contribution in [0.3, 0.4) is 0 Å². The third-order valence-electron chi connectivity index (χ3n) is 4.62. The third kappa shape index (κ3) is 3.16. The van der Waals surface area contributed by atoms with Gasteiger partial charge in [-0.15, -0.1) is 11.3 Å². The average Bonchev–Trinajstić information content (AvgIpc) is 3.19. The summed E-state index contributed by atoms with van der Waals surface area (Å²) in [7, 11) is 0. The van der Waals surface area contributed by atoms with Crippen molar-refractivity contribution in [2.24, 2.45) is 5.92 Å². The number of aromatic nitrogens is 2. The van der Waals surface area contributed by atoms with Gasteiger partial charge >= 0.3 is 0 Å². The van der Waals surface area contributed by atoms with E-state index in [4.69, 9.17) is 9.26 Å². The Morgan fingerprint density at radius 2 is 2.30 bits per heavy atom. The lowest BCUT2D eigenvalue weighted by Gasteiger charge is -2.23. The Labute approximate surface area is 138 Å². The summed E-state index contributed by atoms with van der Waals surface area (Å²) in [5.74, 6) is 0.754. The van der Waals surface area contributed by atoms with Gasteiger partial charge in [0.1, 0.15) is 11.8 Å². The maximum atomic E-state index is 12.4. The largest absolute Gasteiger partial charge is 0.381 e. The van der Waals surface area contributed by atoms with Crippen molar-refractivity contribution in [2.75, 3.05) is 18.5 Å². The Bertz CT molecular complexity index is 686. The van der Waals surface area contributed by atoms with Crippen LogP contribution >= 0.6 is 11.3 Å². The molecular weight excluding hydrogens is 314 g/mol. The van der Waals surface area contributed by atoms with Crippen molar-refractivity contribution < 1.29 is 14.1 Å². The molecule has 0 bridgehead atoms. The minimum Gasteiger partial charge on any atom is -0.381 e. The van der Waals surface area contributed by atoms with Crippen molar-refractivity contribution >= 4 is 22.4 Å². The molecule has 2 aromatic heterocycles. The summed E-state index contributed by atoms with van der Waals surface area (Å²) < 4.78 is 10.4. The number of carbonyl (C=O) groups is 1. The van der Waals surface area contributed by atoms with E-state index in [1.54, 1.807) is 0 Å². The maximum Gasteiger partial charge on any atom is 0.262 e. The Balaban J connectivity index is 1.40. The van der Waals surface area contributed by atoms with E-state index in [0.29, 0.717) is 22.5 Å². The fourth-order valence-electron chi connectivity index (χ4n) is 3.04. The van der Waals surface area contributed by atoms with Crippen LogP contribution in [0.4, 0.5) is 5.13 Å². The molecule has 1 unspecified atom stereocenters. The summed E-state index contributed by atoms with van der Waals surface area (Å²) in [6.07, 6.45) is 8.71. The van der Waals surface area contributed by atoms with Gasteiger partial charge in [-0.2, -0.15) is 0 Å². The van der Waals surface area contributed by atoms with E-state index in [0.717, 1.165) is 44.6 Å². The number of hydrogen-bond donors (Lipinski definition) is 1. The highest BCUT2D eigenvalue weighted by molar-refractivity contribution is 7.15. The van der Waals surface area contributed by atoms with E-state index in [2.05, 4.69) is 15.5 Å². The number of nitrogens with zero attached hydrogens (tertiary/aromatic N) is 2.